The summed E-state index contributed by atoms with van der Waals surface area (Å²) in [6, 6.07) is 4.57. The van der Waals surface area contributed by atoms with Crippen molar-refractivity contribution in [2.75, 3.05) is 0 Å². The summed E-state index contributed by atoms with van der Waals surface area (Å²) in [7, 11) is 0. The molecule has 2 unspecified atom stereocenters. The number of aryl methyl sites for hydroxylation is 1. The highest BCUT2D eigenvalue weighted by molar-refractivity contribution is 5.90. The normalized spacial score (nSPS) is 14.2. The number of hydrogen-bond donors (Lipinski definition) is 1. The van der Waals surface area contributed by atoms with Gasteiger partial charge in [-0.15, -0.1) is 0 Å². The van der Waals surface area contributed by atoms with Gasteiger partial charge in [0, 0.05) is 12.6 Å². The number of rotatable bonds is 8. The number of aromatic nitrogens is 2. The molecule has 2 atom stereocenters. The number of nitrogens with one attached hydrogen (secondary N) is 1. The molecule has 0 aliphatic heterocycles. The predicted molar refractivity (Wildman–Crippen MR) is 95.3 cm³/mol. The molecule has 0 bridgehead atoms. The summed E-state index contributed by atoms with van der Waals surface area (Å²) in [4.78, 5) is 36.2. The van der Waals surface area contributed by atoms with E-state index in [0.717, 1.165) is 12.8 Å². The number of carbonyl (C=O) groups excluding carboxylic acids is 2. The third-order valence-corrected chi connectivity index (χ3v) is 4.22. The van der Waals surface area contributed by atoms with Gasteiger partial charge in [-0.2, -0.15) is 10.4 Å². The Hall–Kier alpha value is -2.69. The van der Waals surface area contributed by atoms with E-state index in [-0.39, 0.29) is 17.2 Å². The molecule has 0 aliphatic carbocycles. The van der Waals surface area contributed by atoms with E-state index in [1.54, 1.807) is 6.92 Å². The monoisotopic (exact) mass is 362 g/mol. The first-order chi connectivity index (χ1) is 12.1. The zero-order valence-corrected chi connectivity index (χ0v) is 15.9. The van der Waals surface area contributed by atoms with E-state index in [1.807, 2.05) is 20.8 Å². The highest BCUT2D eigenvalue weighted by Crippen LogP contribution is 2.15. The van der Waals surface area contributed by atoms with Crippen LogP contribution in [-0.2, 0) is 16.1 Å². The molecule has 0 aliphatic rings. The van der Waals surface area contributed by atoms with Crippen molar-refractivity contribution >= 4 is 11.9 Å². The van der Waals surface area contributed by atoms with E-state index in [1.165, 1.54) is 23.7 Å². The van der Waals surface area contributed by atoms with Crippen LogP contribution in [0.5, 0.6) is 0 Å². The van der Waals surface area contributed by atoms with Crippen LogP contribution in [0.4, 0.5) is 0 Å². The molecule has 1 rings (SSSR count). The number of ether oxygens (including phenoxy) is 1. The maximum absolute atomic E-state index is 12.2. The Bertz CT molecular complexity index is 750. The predicted octanol–water partition coefficient (Wildman–Crippen LogP) is 1.64. The van der Waals surface area contributed by atoms with Crippen LogP contribution in [0, 0.1) is 17.2 Å². The molecule has 8 heteroatoms. The van der Waals surface area contributed by atoms with Crippen LogP contribution in [0.2, 0.25) is 0 Å². The molecule has 1 aromatic rings. The third-order valence-electron chi connectivity index (χ3n) is 4.22. The van der Waals surface area contributed by atoms with Crippen LogP contribution in [0.1, 0.15) is 57.9 Å². The number of nitrogens with zero attached hydrogens (tertiary/aromatic N) is 3. The summed E-state index contributed by atoms with van der Waals surface area (Å²) in [6.45, 7) is 9.03. The number of nitriles is 1. The fraction of sp³-hybridized carbons (Fsp3) is 0.611. The minimum Gasteiger partial charge on any atom is -0.448 e. The van der Waals surface area contributed by atoms with E-state index in [4.69, 9.17) is 4.74 Å². The second-order valence-electron chi connectivity index (χ2n) is 6.64. The summed E-state index contributed by atoms with van der Waals surface area (Å²) in [5.41, 5.74) is -1.42. The molecule has 1 aromatic heterocycles. The molecule has 0 fully saturated rings. The van der Waals surface area contributed by atoms with E-state index in [0.29, 0.717) is 6.54 Å². The summed E-state index contributed by atoms with van der Waals surface area (Å²) in [5, 5.41) is 15.8. The lowest BCUT2D eigenvalue weighted by Crippen LogP contribution is -2.52. The molecule has 0 saturated heterocycles. The number of carbonyl (C=O) groups is 2. The van der Waals surface area contributed by atoms with Crippen molar-refractivity contribution in [3.8, 4) is 6.07 Å². The second-order valence-corrected chi connectivity index (χ2v) is 6.64. The minimum atomic E-state index is -1.10. The average Bonchev–Trinajstić information content (AvgIpc) is 2.60. The first kappa shape index (κ1) is 21.4. The van der Waals surface area contributed by atoms with Crippen molar-refractivity contribution in [1.29, 1.82) is 5.26 Å². The molecular weight excluding hydrogens is 336 g/mol. The summed E-state index contributed by atoms with van der Waals surface area (Å²) in [5.74, 6) is -1.50. The summed E-state index contributed by atoms with van der Waals surface area (Å²) in [6.07, 6.45) is 0.534. The number of unbranched alkanes of at least 4 members (excludes halogenated alkanes) is 1. The lowest BCUT2D eigenvalue weighted by Gasteiger charge is -2.28. The quantitative estimate of drug-likeness (QED) is 0.703. The number of amides is 1. The van der Waals surface area contributed by atoms with Crippen LogP contribution >= 0.6 is 0 Å². The standard InChI is InChI=1S/C18H26N4O4/c1-6-7-10-22-15(23)9-8-14(21-22)17(25)26-13(4)16(24)20-18(5,11-19)12(2)3/h8-9,12-13H,6-7,10H2,1-5H3,(H,20,24). The van der Waals surface area contributed by atoms with Gasteiger partial charge >= 0.3 is 5.97 Å². The maximum Gasteiger partial charge on any atom is 0.359 e. The van der Waals surface area contributed by atoms with Crippen LogP contribution in [0.3, 0.4) is 0 Å². The van der Waals surface area contributed by atoms with Gasteiger partial charge in [-0.05, 0) is 32.3 Å². The fourth-order valence-corrected chi connectivity index (χ4v) is 1.96. The van der Waals surface area contributed by atoms with Gasteiger partial charge in [0.25, 0.3) is 11.5 Å². The Morgan fingerprint density at radius 3 is 2.58 bits per heavy atom. The van der Waals surface area contributed by atoms with Crippen molar-refractivity contribution in [1.82, 2.24) is 15.1 Å². The molecule has 0 spiro atoms. The topological polar surface area (TPSA) is 114 Å². The zero-order valence-electron chi connectivity index (χ0n) is 15.9. The van der Waals surface area contributed by atoms with E-state index < -0.39 is 23.5 Å². The first-order valence-electron chi connectivity index (χ1n) is 8.67. The number of hydrogen-bond acceptors (Lipinski definition) is 6. The molecule has 142 valence electrons. The van der Waals surface area contributed by atoms with E-state index in [2.05, 4.69) is 16.5 Å². The van der Waals surface area contributed by atoms with Gasteiger partial charge < -0.3 is 10.1 Å². The molecule has 1 heterocycles. The van der Waals surface area contributed by atoms with E-state index >= 15 is 0 Å². The Morgan fingerprint density at radius 1 is 1.38 bits per heavy atom. The largest absolute Gasteiger partial charge is 0.448 e. The molecular formula is C18H26N4O4. The summed E-state index contributed by atoms with van der Waals surface area (Å²) >= 11 is 0. The highest BCUT2D eigenvalue weighted by Gasteiger charge is 2.32. The molecule has 0 radical (unpaired) electrons. The van der Waals surface area contributed by atoms with Gasteiger partial charge in [0.2, 0.25) is 0 Å². The Labute approximate surface area is 153 Å². The van der Waals surface area contributed by atoms with Crippen molar-refractivity contribution in [3.05, 3.63) is 28.2 Å². The molecule has 8 nitrogen and oxygen atoms in total. The van der Waals surface area contributed by atoms with Crippen LogP contribution in [-0.4, -0.2) is 33.3 Å². The van der Waals surface area contributed by atoms with E-state index in [9.17, 15) is 19.6 Å². The average molecular weight is 362 g/mol. The van der Waals surface area contributed by atoms with Gasteiger partial charge in [0.1, 0.15) is 5.54 Å². The van der Waals surface area contributed by atoms with Crippen molar-refractivity contribution in [2.24, 2.45) is 5.92 Å². The Kier molecular flexibility index (Phi) is 7.50. The zero-order chi connectivity index (χ0) is 19.9. The van der Waals surface area contributed by atoms with Crippen LogP contribution in [0.25, 0.3) is 0 Å². The Balaban J connectivity index is 2.82. The summed E-state index contributed by atoms with van der Waals surface area (Å²) < 4.78 is 6.33. The third kappa shape index (κ3) is 5.41. The van der Waals surface area contributed by atoms with Crippen molar-refractivity contribution < 1.29 is 14.3 Å². The lowest BCUT2D eigenvalue weighted by molar-refractivity contribution is -0.130. The first-order valence-corrected chi connectivity index (χ1v) is 8.67. The fourth-order valence-electron chi connectivity index (χ4n) is 1.96. The molecule has 1 N–H and O–H groups in total. The Morgan fingerprint density at radius 2 is 2.04 bits per heavy atom. The van der Waals surface area contributed by atoms with Gasteiger partial charge in [0.05, 0.1) is 6.07 Å². The minimum absolute atomic E-state index is 0.0488. The van der Waals surface area contributed by atoms with Crippen LogP contribution < -0.4 is 10.9 Å². The molecule has 1 amide bonds. The molecule has 0 aromatic carbocycles. The smallest absolute Gasteiger partial charge is 0.359 e. The lowest BCUT2D eigenvalue weighted by atomic mass is 9.90. The number of esters is 1. The van der Waals surface area contributed by atoms with Gasteiger partial charge in [-0.25, -0.2) is 9.48 Å². The van der Waals surface area contributed by atoms with Crippen LogP contribution in [0.15, 0.2) is 16.9 Å². The molecule has 26 heavy (non-hydrogen) atoms. The SMILES string of the molecule is CCCCn1nc(C(=O)OC(C)C(=O)NC(C)(C#N)C(C)C)ccc1=O. The maximum atomic E-state index is 12.2. The molecule has 0 saturated carbocycles. The van der Waals surface area contributed by atoms with Gasteiger partial charge in [0.15, 0.2) is 11.8 Å². The van der Waals surface area contributed by atoms with Gasteiger partial charge in [-0.1, -0.05) is 27.2 Å². The van der Waals surface area contributed by atoms with Crippen molar-refractivity contribution in [3.63, 3.8) is 0 Å². The second kappa shape index (κ2) is 9.13. The highest BCUT2D eigenvalue weighted by atomic mass is 16.5. The van der Waals surface area contributed by atoms with Gasteiger partial charge in [-0.3, -0.25) is 9.59 Å². The van der Waals surface area contributed by atoms with Crippen molar-refractivity contribution in [2.45, 2.75) is 65.6 Å².